The zero-order valence-electron chi connectivity index (χ0n) is 26.2. The molecule has 0 radical (unpaired) electrons. The van der Waals surface area contributed by atoms with E-state index in [-0.39, 0.29) is 18.2 Å². The van der Waals surface area contributed by atoms with E-state index in [1.807, 2.05) is 42.5 Å². The maximum atomic E-state index is 13.4. The third-order valence-corrected chi connectivity index (χ3v) is 8.01. The van der Waals surface area contributed by atoms with Crippen molar-refractivity contribution in [1.82, 2.24) is 5.32 Å². The molecule has 4 aromatic rings. The average Bonchev–Trinajstić information content (AvgIpc) is 3.06. The highest BCUT2D eigenvalue weighted by molar-refractivity contribution is 8.00. The summed E-state index contributed by atoms with van der Waals surface area (Å²) in [7, 11) is 0. The number of carbonyl (C=O) groups is 4. The van der Waals surface area contributed by atoms with Crippen LogP contribution in [-0.4, -0.2) is 35.5 Å². The van der Waals surface area contributed by atoms with Gasteiger partial charge in [0.15, 0.2) is 0 Å². The number of carbonyl (C=O) groups excluding carboxylic acids is 4. The van der Waals surface area contributed by atoms with E-state index in [1.165, 1.54) is 17.3 Å². The second-order valence-corrected chi connectivity index (χ2v) is 12.1. The minimum atomic E-state index is -0.473. The topological polar surface area (TPSA) is 114 Å². The Balaban J connectivity index is 1.40. The number of hydrogen-bond acceptors (Lipinski definition) is 6. The molecule has 0 saturated heterocycles. The van der Waals surface area contributed by atoms with E-state index in [9.17, 15) is 19.2 Å². The minimum absolute atomic E-state index is 0.102. The number of nitrogens with one attached hydrogen (secondary N) is 3. The van der Waals surface area contributed by atoms with Gasteiger partial charge in [0, 0.05) is 21.8 Å². The molecule has 9 heteroatoms. The van der Waals surface area contributed by atoms with Crippen LogP contribution in [0.15, 0.2) is 114 Å². The standard InChI is InChI=1S/C37H37N3O5S/c1-5-45-37(44)29-15-17-30(18-16-29)38-34(41)25(4)46-32-21-19-31(20-22-32)39-36(43)33(40-35(42)28-9-7-6-8-10-28)23-26-11-13-27(14-12-26)24(2)3/h6-25H,5H2,1-4H3,(H,38,41)(H,39,43)(H,40,42)/b33-23-. The summed E-state index contributed by atoms with van der Waals surface area (Å²) in [6.07, 6.45) is 1.65. The van der Waals surface area contributed by atoms with Crippen LogP contribution in [0.2, 0.25) is 0 Å². The second kappa shape index (κ2) is 16.2. The zero-order valence-corrected chi connectivity index (χ0v) is 27.0. The van der Waals surface area contributed by atoms with Crippen molar-refractivity contribution < 1.29 is 23.9 Å². The molecular weight excluding hydrogens is 598 g/mol. The molecule has 1 unspecified atom stereocenters. The molecule has 0 fully saturated rings. The van der Waals surface area contributed by atoms with Crippen LogP contribution in [0, 0.1) is 0 Å². The van der Waals surface area contributed by atoms with Gasteiger partial charge in [-0.05, 0) is 97.6 Å². The maximum Gasteiger partial charge on any atom is 0.338 e. The van der Waals surface area contributed by atoms with Crippen LogP contribution in [0.5, 0.6) is 0 Å². The van der Waals surface area contributed by atoms with Crippen LogP contribution in [0.25, 0.3) is 6.08 Å². The van der Waals surface area contributed by atoms with Crippen LogP contribution in [0.3, 0.4) is 0 Å². The highest BCUT2D eigenvalue weighted by atomic mass is 32.2. The van der Waals surface area contributed by atoms with Gasteiger partial charge in [-0.2, -0.15) is 0 Å². The Morgan fingerprint density at radius 2 is 1.35 bits per heavy atom. The zero-order chi connectivity index (χ0) is 33.1. The molecule has 0 spiro atoms. The number of esters is 1. The monoisotopic (exact) mass is 635 g/mol. The number of hydrogen-bond donors (Lipinski definition) is 3. The fourth-order valence-electron chi connectivity index (χ4n) is 4.31. The fourth-order valence-corrected chi connectivity index (χ4v) is 5.17. The molecule has 8 nitrogen and oxygen atoms in total. The van der Waals surface area contributed by atoms with E-state index in [2.05, 4.69) is 29.8 Å². The number of anilines is 2. The predicted molar refractivity (Wildman–Crippen MR) is 184 cm³/mol. The highest BCUT2D eigenvalue weighted by Crippen LogP contribution is 2.26. The van der Waals surface area contributed by atoms with Crippen molar-refractivity contribution in [3.8, 4) is 0 Å². The molecule has 0 aliphatic rings. The Hall–Kier alpha value is -5.15. The quantitative estimate of drug-likeness (QED) is 0.0843. The third-order valence-electron chi connectivity index (χ3n) is 6.90. The number of rotatable bonds is 12. The largest absolute Gasteiger partial charge is 0.462 e. The Labute approximate surface area is 273 Å². The lowest BCUT2D eigenvalue weighted by Crippen LogP contribution is -2.30. The van der Waals surface area contributed by atoms with Gasteiger partial charge in [-0.3, -0.25) is 14.4 Å². The number of ether oxygens (including phenoxy) is 1. The first kappa shape index (κ1) is 33.7. The molecule has 0 aromatic heterocycles. The Morgan fingerprint density at radius 1 is 0.739 bits per heavy atom. The average molecular weight is 636 g/mol. The van der Waals surface area contributed by atoms with Gasteiger partial charge in [-0.15, -0.1) is 11.8 Å². The van der Waals surface area contributed by atoms with Crippen LogP contribution in [-0.2, 0) is 14.3 Å². The van der Waals surface area contributed by atoms with Crippen molar-refractivity contribution in [2.24, 2.45) is 0 Å². The van der Waals surface area contributed by atoms with Crippen molar-refractivity contribution in [1.29, 1.82) is 0 Å². The molecule has 3 N–H and O–H groups in total. The summed E-state index contributed by atoms with van der Waals surface area (Å²) in [6.45, 7) is 8.05. The number of thioether (sulfide) groups is 1. The molecule has 0 bridgehead atoms. The SMILES string of the molecule is CCOC(=O)c1ccc(NC(=O)C(C)Sc2ccc(NC(=O)/C(=C/c3ccc(C(C)C)cc3)NC(=O)c3ccccc3)cc2)cc1. The molecule has 236 valence electrons. The van der Waals surface area contributed by atoms with Gasteiger partial charge in [-0.1, -0.05) is 56.3 Å². The lowest BCUT2D eigenvalue weighted by atomic mass is 10.0. The highest BCUT2D eigenvalue weighted by Gasteiger charge is 2.17. The molecule has 0 heterocycles. The summed E-state index contributed by atoms with van der Waals surface area (Å²) in [4.78, 5) is 51.8. The first-order chi connectivity index (χ1) is 22.1. The molecule has 46 heavy (non-hydrogen) atoms. The Morgan fingerprint density at radius 3 is 1.96 bits per heavy atom. The summed E-state index contributed by atoms with van der Waals surface area (Å²) in [5, 5.41) is 8.06. The van der Waals surface area contributed by atoms with E-state index in [0.29, 0.717) is 28.4 Å². The normalized spacial score (nSPS) is 11.8. The van der Waals surface area contributed by atoms with Crippen molar-refractivity contribution in [3.05, 3.63) is 131 Å². The number of benzene rings is 4. The summed E-state index contributed by atoms with van der Waals surface area (Å²) < 4.78 is 4.99. The van der Waals surface area contributed by atoms with Gasteiger partial charge in [0.25, 0.3) is 11.8 Å². The summed E-state index contributed by atoms with van der Waals surface area (Å²) in [5.41, 5.74) is 4.00. The van der Waals surface area contributed by atoms with Gasteiger partial charge >= 0.3 is 5.97 Å². The van der Waals surface area contributed by atoms with Gasteiger partial charge in [-0.25, -0.2) is 4.79 Å². The number of amides is 3. The van der Waals surface area contributed by atoms with E-state index in [4.69, 9.17) is 4.74 Å². The molecule has 0 aliphatic heterocycles. The van der Waals surface area contributed by atoms with Gasteiger partial charge in [0.1, 0.15) is 5.70 Å². The van der Waals surface area contributed by atoms with Crippen LogP contribution < -0.4 is 16.0 Å². The van der Waals surface area contributed by atoms with Crippen LogP contribution in [0.4, 0.5) is 11.4 Å². The summed E-state index contributed by atoms with van der Waals surface area (Å²) in [5.74, 6) is -1.11. The Bertz CT molecular complexity index is 1680. The van der Waals surface area contributed by atoms with E-state index in [0.717, 1.165) is 10.5 Å². The van der Waals surface area contributed by atoms with Crippen molar-refractivity contribution in [3.63, 3.8) is 0 Å². The molecule has 0 saturated carbocycles. The summed E-state index contributed by atoms with van der Waals surface area (Å²) in [6, 6.07) is 30.2. The first-order valence-corrected chi connectivity index (χ1v) is 15.8. The maximum absolute atomic E-state index is 13.4. The predicted octanol–water partition coefficient (Wildman–Crippen LogP) is 7.52. The lowest BCUT2D eigenvalue weighted by Gasteiger charge is -2.14. The van der Waals surface area contributed by atoms with Crippen LogP contribution in [0.1, 0.15) is 65.5 Å². The second-order valence-electron chi connectivity index (χ2n) is 10.7. The van der Waals surface area contributed by atoms with Crippen molar-refractivity contribution >= 4 is 52.9 Å². The van der Waals surface area contributed by atoms with Gasteiger partial charge in [0.2, 0.25) is 5.91 Å². The Kier molecular flexibility index (Phi) is 11.9. The lowest BCUT2D eigenvalue weighted by molar-refractivity contribution is -0.115. The summed E-state index contributed by atoms with van der Waals surface area (Å²) >= 11 is 1.36. The van der Waals surface area contributed by atoms with Gasteiger partial charge in [0.05, 0.1) is 17.4 Å². The van der Waals surface area contributed by atoms with Crippen molar-refractivity contribution in [2.75, 3.05) is 17.2 Å². The van der Waals surface area contributed by atoms with E-state index < -0.39 is 23.0 Å². The molecule has 1 atom stereocenters. The van der Waals surface area contributed by atoms with Gasteiger partial charge < -0.3 is 20.7 Å². The van der Waals surface area contributed by atoms with Crippen molar-refractivity contribution in [2.45, 2.75) is 43.8 Å². The fraction of sp³-hybridized carbons (Fsp3) is 0.189. The van der Waals surface area contributed by atoms with E-state index >= 15 is 0 Å². The molecular formula is C37H37N3O5S. The first-order valence-electron chi connectivity index (χ1n) is 15.0. The smallest absolute Gasteiger partial charge is 0.338 e. The van der Waals surface area contributed by atoms with Crippen LogP contribution >= 0.6 is 11.8 Å². The third kappa shape index (κ3) is 9.67. The molecule has 4 rings (SSSR count). The molecule has 0 aliphatic carbocycles. The minimum Gasteiger partial charge on any atom is -0.462 e. The molecule has 4 aromatic carbocycles. The van der Waals surface area contributed by atoms with E-state index in [1.54, 1.807) is 80.6 Å². The molecule has 3 amide bonds.